The number of rotatable bonds is 5. The monoisotopic (exact) mass is 436 g/mol. The average molecular weight is 437 g/mol. The van der Waals surface area contributed by atoms with Crippen LogP contribution in [0.5, 0.6) is 11.5 Å². The standard InChI is InChI=1S/C26H32N2O4/c1-31-22-12-13-23(24(18-22)32-2)26(30)28-16-14-27(15-17-28)25(29)21-10-8-20(9-11-21)19-6-4-3-5-7-19/h8-13,18-19H,3-7,14-17H2,1-2H3. The molecule has 0 bridgehead atoms. The molecule has 2 amide bonds. The van der Waals surface area contributed by atoms with E-state index < -0.39 is 0 Å². The van der Waals surface area contributed by atoms with Crippen LogP contribution in [0.4, 0.5) is 0 Å². The number of carbonyl (C=O) groups is 2. The van der Waals surface area contributed by atoms with Gasteiger partial charge in [-0.3, -0.25) is 9.59 Å². The predicted octanol–water partition coefficient (Wildman–Crippen LogP) is 4.35. The molecule has 1 saturated carbocycles. The molecule has 0 radical (unpaired) electrons. The summed E-state index contributed by atoms with van der Waals surface area (Å²) < 4.78 is 10.6. The molecule has 2 aromatic rings. The third kappa shape index (κ3) is 4.74. The summed E-state index contributed by atoms with van der Waals surface area (Å²) in [5.74, 6) is 1.72. The molecule has 1 saturated heterocycles. The number of carbonyl (C=O) groups excluding carboxylic acids is 2. The molecule has 4 rings (SSSR count). The van der Waals surface area contributed by atoms with Crippen molar-refractivity contribution in [1.82, 2.24) is 9.80 Å². The molecule has 0 N–H and O–H groups in total. The highest BCUT2D eigenvalue weighted by molar-refractivity contribution is 5.98. The number of hydrogen-bond acceptors (Lipinski definition) is 4. The van der Waals surface area contributed by atoms with E-state index in [-0.39, 0.29) is 11.8 Å². The molecule has 1 aliphatic heterocycles. The SMILES string of the molecule is COc1ccc(C(=O)N2CCN(C(=O)c3ccc(C4CCCCC4)cc3)CC2)c(OC)c1. The minimum absolute atomic E-state index is 0.0364. The normalized spacial score (nSPS) is 17.2. The van der Waals surface area contributed by atoms with E-state index in [9.17, 15) is 9.59 Å². The Hall–Kier alpha value is -3.02. The maximum Gasteiger partial charge on any atom is 0.257 e. The largest absolute Gasteiger partial charge is 0.497 e. The van der Waals surface area contributed by atoms with Crippen molar-refractivity contribution in [2.45, 2.75) is 38.0 Å². The van der Waals surface area contributed by atoms with Crippen LogP contribution in [0.2, 0.25) is 0 Å². The van der Waals surface area contributed by atoms with Crippen LogP contribution >= 0.6 is 0 Å². The Morgan fingerprint density at radius 3 is 2.00 bits per heavy atom. The van der Waals surface area contributed by atoms with Crippen molar-refractivity contribution in [3.63, 3.8) is 0 Å². The highest BCUT2D eigenvalue weighted by Crippen LogP contribution is 2.32. The quantitative estimate of drug-likeness (QED) is 0.699. The zero-order valence-corrected chi connectivity index (χ0v) is 19.0. The van der Waals surface area contributed by atoms with Crippen LogP contribution in [0.15, 0.2) is 42.5 Å². The summed E-state index contributed by atoms with van der Waals surface area (Å²) >= 11 is 0. The molecule has 1 aliphatic carbocycles. The number of amides is 2. The molecule has 6 nitrogen and oxygen atoms in total. The summed E-state index contributed by atoms with van der Waals surface area (Å²) in [6.45, 7) is 2.04. The van der Waals surface area contributed by atoms with Crippen molar-refractivity contribution < 1.29 is 19.1 Å². The third-order valence-corrected chi connectivity index (χ3v) is 6.73. The lowest BCUT2D eigenvalue weighted by Gasteiger charge is -2.35. The van der Waals surface area contributed by atoms with Crippen molar-refractivity contribution in [3.8, 4) is 11.5 Å². The smallest absolute Gasteiger partial charge is 0.257 e. The van der Waals surface area contributed by atoms with Crippen LogP contribution in [0.25, 0.3) is 0 Å². The van der Waals surface area contributed by atoms with Gasteiger partial charge in [-0.2, -0.15) is 0 Å². The van der Waals surface area contributed by atoms with Crippen LogP contribution in [-0.2, 0) is 0 Å². The van der Waals surface area contributed by atoms with Gasteiger partial charge in [0.1, 0.15) is 11.5 Å². The van der Waals surface area contributed by atoms with Crippen LogP contribution in [-0.4, -0.2) is 62.0 Å². The van der Waals surface area contributed by atoms with Gasteiger partial charge in [-0.25, -0.2) is 0 Å². The number of piperazine rings is 1. The number of hydrogen-bond donors (Lipinski definition) is 0. The van der Waals surface area contributed by atoms with Crippen molar-refractivity contribution in [1.29, 1.82) is 0 Å². The van der Waals surface area contributed by atoms with Crippen LogP contribution in [0.3, 0.4) is 0 Å². The summed E-state index contributed by atoms with van der Waals surface area (Å²) in [6, 6.07) is 13.4. The Morgan fingerprint density at radius 1 is 0.781 bits per heavy atom. The second-order valence-electron chi connectivity index (χ2n) is 8.61. The van der Waals surface area contributed by atoms with Gasteiger partial charge in [-0.05, 0) is 48.6 Å². The van der Waals surface area contributed by atoms with Crippen molar-refractivity contribution >= 4 is 11.8 Å². The minimum Gasteiger partial charge on any atom is -0.497 e. The number of benzene rings is 2. The summed E-state index contributed by atoms with van der Waals surface area (Å²) in [5, 5.41) is 0. The van der Waals surface area contributed by atoms with Crippen LogP contribution in [0, 0.1) is 0 Å². The lowest BCUT2D eigenvalue weighted by atomic mass is 9.84. The molecule has 6 heteroatoms. The third-order valence-electron chi connectivity index (χ3n) is 6.73. The van der Waals surface area contributed by atoms with Gasteiger partial charge >= 0.3 is 0 Å². The second kappa shape index (κ2) is 10.1. The maximum absolute atomic E-state index is 13.0. The van der Waals surface area contributed by atoms with Crippen molar-refractivity contribution in [2.75, 3.05) is 40.4 Å². The molecule has 1 heterocycles. The second-order valence-corrected chi connectivity index (χ2v) is 8.61. The minimum atomic E-state index is -0.0894. The predicted molar refractivity (Wildman–Crippen MR) is 124 cm³/mol. The van der Waals surface area contributed by atoms with Gasteiger partial charge < -0.3 is 19.3 Å². The van der Waals surface area contributed by atoms with Gasteiger partial charge in [-0.15, -0.1) is 0 Å². The Balaban J connectivity index is 1.36. The van der Waals surface area contributed by atoms with E-state index in [2.05, 4.69) is 12.1 Å². The summed E-state index contributed by atoms with van der Waals surface area (Å²) in [5.41, 5.74) is 2.58. The topological polar surface area (TPSA) is 59.1 Å². The fourth-order valence-electron chi connectivity index (χ4n) is 4.77. The summed E-state index contributed by atoms with van der Waals surface area (Å²) in [4.78, 5) is 29.6. The van der Waals surface area contributed by atoms with E-state index in [0.29, 0.717) is 49.2 Å². The van der Waals surface area contributed by atoms with E-state index in [4.69, 9.17) is 9.47 Å². The van der Waals surface area contributed by atoms with Crippen molar-refractivity contribution in [2.24, 2.45) is 0 Å². The van der Waals surface area contributed by atoms with E-state index in [0.717, 1.165) is 5.56 Å². The van der Waals surface area contributed by atoms with Gasteiger partial charge in [0.15, 0.2) is 0 Å². The first kappa shape index (κ1) is 22.2. The Bertz CT molecular complexity index is 943. The molecule has 2 aromatic carbocycles. The van der Waals surface area contributed by atoms with E-state index in [1.807, 2.05) is 17.0 Å². The zero-order valence-electron chi connectivity index (χ0n) is 19.0. The van der Waals surface area contributed by atoms with Gasteiger partial charge in [-0.1, -0.05) is 31.4 Å². The van der Waals surface area contributed by atoms with E-state index >= 15 is 0 Å². The molecule has 32 heavy (non-hydrogen) atoms. The Labute approximate surface area is 190 Å². The number of ether oxygens (including phenoxy) is 2. The molecule has 0 spiro atoms. The molecular weight excluding hydrogens is 404 g/mol. The molecule has 2 fully saturated rings. The fourth-order valence-corrected chi connectivity index (χ4v) is 4.77. The Kier molecular flexibility index (Phi) is 6.98. The molecular formula is C26H32N2O4. The van der Waals surface area contributed by atoms with E-state index in [1.165, 1.54) is 37.7 Å². The summed E-state index contributed by atoms with van der Waals surface area (Å²) in [6.07, 6.45) is 6.45. The first-order valence-corrected chi connectivity index (χ1v) is 11.5. The van der Waals surface area contributed by atoms with E-state index in [1.54, 1.807) is 37.3 Å². The van der Waals surface area contributed by atoms with Gasteiger partial charge in [0.05, 0.1) is 19.8 Å². The number of nitrogens with zero attached hydrogens (tertiary/aromatic N) is 2. The Morgan fingerprint density at radius 2 is 1.41 bits per heavy atom. The molecule has 0 unspecified atom stereocenters. The molecule has 170 valence electrons. The highest BCUT2D eigenvalue weighted by Gasteiger charge is 2.27. The van der Waals surface area contributed by atoms with Gasteiger partial charge in [0.25, 0.3) is 11.8 Å². The first-order chi connectivity index (χ1) is 15.6. The summed E-state index contributed by atoms with van der Waals surface area (Å²) in [7, 11) is 3.12. The van der Waals surface area contributed by atoms with Crippen LogP contribution < -0.4 is 9.47 Å². The highest BCUT2D eigenvalue weighted by atomic mass is 16.5. The molecule has 0 atom stereocenters. The lowest BCUT2D eigenvalue weighted by Crippen LogP contribution is -2.50. The first-order valence-electron chi connectivity index (χ1n) is 11.5. The molecule has 2 aliphatic rings. The van der Waals surface area contributed by atoms with Crippen LogP contribution in [0.1, 0.15) is 64.3 Å². The zero-order chi connectivity index (χ0) is 22.5. The van der Waals surface area contributed by atoms with Crippen molar-refractivity contribution in [3.05, 3.63) is 59.2 Å². The lowest BCUT2D eigenvalue weighted by molar-refractivity contribution is 0.0533. The average Bonchev–Trinajstić information content (AvgIpc) is 2.88. The van der Waals surface area contributed by atoms with Gasteiger partial charge in [0.2, 0.25) is 0 Å². The maximum atomic E-state index is 13.0. The van der Waals surface area contributed by atoms with Gasteiger partial charge in [0, 0.05) is 37.8 Å². The number of methoxy groups -OCH3 is 2. The molecule has 0 aromatic heterocycles. The fraction of sp³-hybridized carbons (Fsp3) is 0.462.